The number of likely N-dealkylation sites (tertiary alicyclic amines) is 1. The monoisotopic (exact) mass is 431 g/mol. The zero-order valence-electron chi connectivity index (χ0n) is 18.7. The molecular formula is C23H33N3O5. The van der Waals surface area contributed by atoms with E-state index in [1.807, 2.05) is 45.0 Å². The summed E-state index contributed by atoms with van der Waals surface area (Å²) in [5, 5.41) is 2.76. The topological polar surface area (TPSA) is 88.2 Å². The Kier molecular flexibility index (Phi) is 7.41. The molecule has 0 bridgehead atoms. The number of carbonyl (C=O) groups is 3. The number of esters is 1. The lowest BCUT2D eigenvalue weighted by Crippen LogP contribution is -2.43. The number of rotatable bonds is 5. The maximum absolute atomic E-state index is 12.3. The fraction of sp³-hybridized carbons (Fsp3) is 0.609. The van der Waals surface area contributed by atoms with E-state index >= 15 is 0 Å². The molecule has 2 aliphatic rings. The van der Waals surface area contributed by atoms with E-state index in [2.05, 4.69) is 10.2 Å². The van der Waals surface area contributed by atoms with Gasteiger partial charge in [-0.25, -0.2) is 4.79 Å². The van der Waals surface area contributed by atoms with Crippen molar-refractivity contribution in [2.45, 2.75) is 52.1 Å². The van der Waals surface area contributed by atoms with Gasteiger partial charge in [-0.3, -0.25) is 9.59 Å². The molecule has 0 atom stereocenters. The molecule has 2 aliphatic heterocycles. The Morgan fingerprint density at radius 3 is 2.19 bits per heavy atom. The van der Waals surface area contributed by atoms with Gasteiger partial charge >= 0.3 is 12.1 Å². The number of amides is 2. The number of anilines is 2. The summed E-state index contributed by atoms with van der Waals surface area (Å²) in [4.78, 5) is 40.5. The predicted octanol–water partition coefficient (Wildman–Crippen LogP) is 3.42. The molecule has 1 N–H and O–H groups in total. The average Bonchev–Trinajstić information content (AvgIpc) is 3.26. The number of benzene rings is 1. The third-order valence-electron chi connectivity index (χ3n) is 5.45. The molecule has 2 heterocycles. The summed E-state index contributed by atoms with van der Waals surface area (Å²) in [5.41, 5.74) is 1.28. The second kappa shape index (κ2) is 10.0. The molecule has 31 heavy (non-hydrogen) atoms. The van der Waals surface area contributed by atoms with Crippen LogP contribution in [0.3, 0.4) is 0 Å². The van der Waals surface area contributed by atoms with E-state index in [1.54, 1.807) is 4.90 Å². The fourth-order valence-corrected chi connectivity index (χ4v) is 3.81. The highest BCUT2D eigenvalue weighted by Gasteiger charge is 2.31. The van der Waals surface area contributed by atoms with Crippen molar-refractivity contribution in [3.8, 4) is 0 Å². The van der Waals surface area contributed by atoms with Crippen LogP contribution in [0.2, 0.25) is 0 Å². The molecule has 170 valence electrons. The van der Waals surface area contributed by atoms with Gasteiger partial charge in [-0.05, 0) is 70.7 Å². The summed E-state index contributed by atoms with van der Waals surface area (Å²) < 4.78 is 10.6. The first-order valence-corrected chi connectivity index (χ1v) is 11.0. The van der Waals surface area contributed by atoms with Gasteiger partial charge in [0.25, 0.3) is 5.91 Å². The van der Waals surface area contributed by atoms with E-state index in [-0.39, 0.29) is 24.5 Å². The van der Waals surface area contributed by atoms with Crippen molar-refractivity contribution in [2.75, 3.05) is 43.0 Å². The van der Waals surface area contributed by atoms with Crippen molar-refractivity contribution in [2.24, 2.45) is 5.92 Å². The van der Waals surface area contributed by atoms with Gasteiger partial charge in [0, 0.05) is 37.6 Å². The number of nitrogens with zero attached hydrogens (tertiary/aromatic N) is 2. The van der Waals surface area contributed by atoms with Crippen LogP contribution in [0.5, 0.6) is 0 Å². The number of ether oxygens (including phenoxy) is 2. The molecule has 8 nitrogen and oxygen atoms in total. The zero-order chi connectivity index (χ0) is 22.4. The molecule has 3 rings (SSSR count). The first kappa shape index (κ1) is 22.9. The van der Waals surface area contributed by atoms with Gasteiger partial charge in [0.05, 0.1) is 5.92 Å². The molecule has 8 heteroatoms. The van der Waals surface area contributed by atoms with Crippen LogP contribution in [-0.4, -0.2) is 61.3 Å². The Morgan fingerprint density at radius 1 is 1.00 bits per heavy atom. The largest absolute Gasteiger partial charge is 0.455 e. The van der Waals surface area contributed by atoms with Crippen molar-refractivity contribution in [3.05, 3.63) is 24.3 Å². The maximum Gasteiger partial charge on any atom is 0.410 e. The summed E-state index contributed by atoms with van der Waals surface area (Å²) in [7, 11) is 0. The minimum Gasteiger partial charge on any atom is -0.455 e. The highest BCUT2D eigenvalue weighted by molar-refractivity contribution is 5.93. The van der Waals surface area contributed by atoms with Crippen molar-refractivity contribution >= 4 is 29.3 Å². The lowest BCUT2D eigenvalue weighted by atomic mass is 9.97. The first-order valence-electron chi connectivity index (χ1n) is 11.0. The fourth-order valence-electron chi connectivity index (χ4n) is 3.81. The Morgan fingerprint density at radius 2 is 1.61 bits per heavy atom. The Balaban J connectivity index is 1.37. The smallest absolute Gasteiger partial charge is 0.410 e. The number of nitrogens with one attached hydrogen (secondary N) is 1. The molecule has 0 saturated carbocycles. The molecule has 1 aromatic rings. The van der Waals surface area contributed by atoms with Crippen LogP contribution in [0.25, 0.3) is 0 Å². The molecule has 0 radical (unpaired) electrons. The van der Waals surface area contributed by atoms with Crippen LogP contribution in [0.1, 0.15) is 46.5 Å². The summed E-state index contributed by atoms with van der Waals surface area (Å²) in [6, 6.07) is 7.70. The SMILES string of the molecule is CC(C)(C)OC(=O)N1CCC(C(=O)OCC(=O)Nc2ccc(N3CCCC3)cc2)CC1. The Hall–Kier alpha value is -2.77. The first-order chi connectivity index (χ1) is 14.7. The summed E-state index contributed by atoms with van der Waals surface area (Å²) in [6.45, 7) is 8.15. The average molecular weight is 432 g/mol. The van der Waals surface area contributed by atoms with Crippen LogP contribution in [0.4, 0.5) is 16.2 Å². The van der Waals surface area contributed by atoms with Crippen molar-refractivity contribution in [1.82, 2.24) is 4.90 Å². The minimum atomic E-state index is -0.547. The third-order valence-corrected chi connectivity index (χ3v) is 5.45. The van der Waals surface area contributed by atoms with Gasteiger partial charge in [0.2, 0.25) is 0 Å². The summed E-state index contributed by atoms with van der Waals surface area (Å²) >= 11 is 0. The zero-order valence-corrected chi connectivity index (χ0v) is 18.7. The van der Waals surface area contributed by atoms with E-state index in [1.165, 1.54) is 12.8 Å². The second-order valence-electron chi connectivity index (χ2n) is 9.14. The van der Waals surface area contributed by atoms with Gasteiger partial charge in [0.1, 0.15) is 5.60 Å². The quantitative estimate of drug-likeness (QED) is 0.719. The van der Waals surface area contributed by atoms with E-state index < -0.39 is 11.6 Å². The van der Waals surface area contributed by atoms with Crippen LogP contribution in [0, 0.1) is 5.92 Å². The molecule has 1 aromatic carbocycles. The minimum absolute atomic E-state index is 0.314. The number of piperidine rings is 1. The summed E-state index contributed by atoms with van der Waals surface area (Å²) in [6.07, 6.45) is 3.05. The molecule has 0 aromatic heterocycles. The van der Waals surface area contributed by atoms with Gasteiger partial charge in [-0.15, -0.1) is 0 Å². The van der Waals surface area contributed by atoms with E-state index in [0.29, 0.717) is 31.6 Å². The normalized spacial score (nSPS) is 17.4. The molecule has 0 spiro atoms. The highest BCUT2D eigenvalue weighted by atomic mass is 16.6. The molecule has 2 fully saturated rings. The maximum atomic E-state index is 12.3. The lowest BCUT2D eigenvalue weighted by Gasteiger charge is -2.32. The lowest BCUT2D eigenvalue weighted by molar-refractivity contribution is -0.153. The number of hydrogen-bond donors (Lipinski definition) is 1. The molecule has 0 unspecified atom stereocenters. The molecule has 2 saturated heterocycles. The van der Waals surface area contributed by atoms with E-state index in [0.717, 1.165) is 18.8 Å². The molecule has 0 aliphatic carbocycles. The molecule has 2 amide bonds. The summed E-state index contributed by atoms with van der Waals surface area (Å²) in [5.74, 6) is -1.08. The Labute approximate surface area is 183 Å². The standard InChI is InChI=1S/C23H33N3O5/c1-23(2,3)31-22(29)26-14-10-17(11-15-26)21(28)30-16-20(27)24-18-6-8-19(9-7-18)25-12-4-5-13-25/h6-9,17H,4-5,10-16H2,1-3H3,(H,24,27). The van der Waals surface area contributed by atoms with Gasteiger partial charge in [-0.2, -0.15) is 0 Å². The van der Waals surface area contributed by atoms with Gasteiger partial charge in [-0.1, -0.05) is 0 Å². The van der Waals surface area contributed by atoms with Crippen LogP contribution in [-0.2, 0) is 19.1 Å². The number of hydrogen-bond acceptors (Lipinski definition) is 6. The van der Waals surface area contributed by atoms with Crippen molar-refractivity contribution < 1.29 is 23.9 Å². The van der Waals surface area contributed by atoms with Gasteiger partial charge < -0.3 is 24.6 Å². The van der Waals surface area contributed by atoms with Crippen LogP contribution >= 0.6 is 0 Å². The van der Waals surface area contributed by atoms with E-state index in [4.69, 9.17) is 9.47 Å². The number of carbonyl (C=O) groups excluding carboxylic acids is 3. The molecular weight excluding hydrogens is 398 g/mol. The second-order valence-corrected chi connectivity index (χ2v) is 9.14. The predicted molar refractivity (Wildman–Crippen MR) is 118 cm³/mol. The van der Waals surface area contributed by atoms with Crippen molar-refractivity contribution in [1.29, 1.82) is 0 Å². The van der Waals surface area contributed by atoms with E-state index in [9.17, 15) is 14.4 Å². The van der Waals surface area contributed by atoms with Crippen LogP contribution < -0.4 is 10.2 Å². The van der Waals surface area contributed by atoms with Crippen LogP contribution in [0.15, 0.2) is 24.3 Å². The van der Waals surface area contributed by atoms with Crippen molar-refractivity contribution in [3.63, 3.8) is 0 Å². The Bertz CT molecular complexity index is 773. The van der Waals surface area contributed by atoms with Gasteiger partial charge in [0.15, 0.2) is 6.61 Å². The third kappa shape index (κ3) is 6.87. The highest BCUT2D eigenvalue weighted by Crippen LogP contribution is 2.23.